The Labute approximate surface area is 263 Å². The van der Waals surface area contributed by atoms with Crippen molar-refractivity contribution in [3.63, 3.8) is 0 Å². The summed E-state index contributed by atoms with van der Waals surface area (Å²) >= 11 is 6.62. The maximum absolute atomic E-state index is 14.0. The standard InChI is InChI=1S/C32H31ClF2N4O5S/c1-18-10-11-20(17-32(2,41)26-16-25(44-37-26)19-7-4-3-5-8-19)28(18)38-45(42,43)30-24-9-6-14-39(24)29(27(30)33)31(40)36-21-12-13-22(34)23(35)15-21/h3-9,12-13,15-16,18,20,28,38,41H,10-11,14,17H2,1-2H3,(H,36,40). The molecule has 1 aliphatic carbocycles. The SMILES string of the molecule is CC1CCC(CC(C)(O)c2cc(-c3ccccc3)on2)C1NS(=O)(=O)c1c(Cl)c(C(=O)Nc2ccc(F)c(F)c2)n2c1C=CC2. The first kappa shape index (κ1) is 31.2. The molecule has 1 aliphatic heterocycles. The molecular formula is C32H31ClF2N4O5S. The highest BCUT2D eigenvalue weighted by Crippen LogP contribution is 2.42. The van der Waals surface area contributed by atoms with E-state index < -0.39 is 39.2 Å². The number of allylic oxidation sites excluding steroid dienone is 1. The number of fused-ring (bicyclic) bond motifs is 1. The van der Waals surface area contributed by atoms with Crippen LogP contribution in [-0.4, -0.2) is 35.2 Å². The molecule has 0 spiro atoms. The number of amides is 1. The van der Waals surface area contributed by atoms with Gasteiger partial charge in [0, 0.05) is 36.0 Å². The summed E-state index contributed by atoms with van der Waals surface area (Å²) in [6.07, 6.45) is 4.88. The molecule has 2 aromatic carbocycles. The van der Waals surface area contributed by atoms with E-state index in [4.69, 9.17) is 16.1 Å². The van der Waals surface area contributed by atoms with Crippen molar-refractivity contribution in [1.29, 1.82) is 0 Å². The zero-order valence-electron chi connectivity index (χ0n) is 24.4. The summed E-state index contributed by atoms with van der Waals surface area (Å²) in [5.41, 5.74) is -0.155. The van der Waals surface area contributed by atoms with Gasteiger partial charge < -0.3 is 19.5 Å². The number of nitrogens with one attached hydrogen (secondary N) is 2. The number of hydrogen-bond acceptors (Lipinski definition) is 6. The monoisotopic (exact) mass is 656 g/mol. The van der Waals surface area contributed by atoms with Crippen molar-refractivity contribution < 1.29 is 31.6 Å². The summed E-state index contributed by atoms with van der Waals surface area (Å²) in [7, 11) is -4.27. The summed E-state index contributed by atoms with van der Waals surface area (Å²) in [4.78, 5) is 13.0. The number of nitrogens with zero attached hydrogens (tertiary/aromatic N) is 2. The van der Waals surface area contributed by atoms with Crippen LogP contribution >= 0.6 is 11.6 Å². The molecule has 2 aliphatic rings. The molecule has 0 bridgehead atoms. The number of benzene rings is 2. The largest absolute Gasteiger partial charge is 0.384 e. The molecule has 45 heavy (non-hydrogen) atoms. The van der Waals surface area contributed by atoms with Crippen LogP contribution in [-0.2, 0) is 22.2 Å². The number of sulfonamides is 1. The third-order valence-electron chi connectivity index (χ3n) is 8.61. The smallest absolute Gasteiger partial charge is 0.273 e. The molecule has 3 N–H and O–H groups in total. The van der Waals surface area contributed by atoms with Crippen molar-refractivity contribution in [1.82, 2.24) is 14.4 Å². The number of anilines is 1. The van der Waals surface area contributed by atoms with Crippen LogP contribution in [0.1, 0.15) is 55.0 Å². The topological polar surface area (TPSA) is 126 Å². The maximum atomic E-state index is 14.0. The zero-order chi connectivity index (χ0) is 32.1. The van der Waals surface area contributed by atoms with Gasteiger partial charge in [-0.25, -0.2) is 21.9 Å². The average Bonchev–Trinajstić information content (AvgIpc) is 3.77. The van der Waals surface area contributed by atoms with Gasteiger partial charge in [-0.3, -0.25) is 4.79 Å². The second-order valence-electron chi connectivity index (χ2n) is 11.9. The summed E-state index contributed by atoms with van der Waals surface area (Å²) in [5, 5.41) is 17.8. The van der Waals surface area contributed by atoms with Crippen LogP contribution in [0, 0.1) is 23.5 Å². The van der Waals surface area contributed by atoms with E-state index in [9.17, 15) is 27.1 Å². The van der Waals surface area contributed by atoms with Crippen molar-refractivity contribution in [3.05, 3.63) is 94.4 Å². The van der Waals surface area contributed by atoms with E-state index in [1.807, 2.05) is 37.3 Å². The molecule has 4 atom stereocenters. The fourth-order valence-electron chi connectivity index (χ4n) is 6.31. The Hall–Kier alpha value is -3.84. The van der Waals surface area contributed by atoms with Crippen molar-refractivity contribution in [2.75, 3.05) is 5.32 Å². The number of carbonyl (C=O) groups excluding carboxylic acids is 1. The van der Waals surface area contributed by atoms with Gasteiger partial charge in [0.15, 0.2) is 17.4 Å². The minimum atomic E-state index is -4.27. The summed E-state index contributed by atoms with van der Waals surface area (Å²) < 4.78 is 64.9. The van der Waals surface area contributed by atoms with Crippen molar-refractivity contribution in [2.24, 2.45) is 11.8 Å². The average molecular weight is 657 g/mol. The van der Waals surface area contributed by atoms with E-state index in [2.05, 4.69) is 15.2 Å². The Kier molecular flexibility index (Phi) is 8.19. The van der Waals surface area contributed by atoms with Gasteiger partial charge in [0.1, 0.15) is 21.9 Å². The minimum absolute atomic E-state index is 0.0170. The van der Waals surface area contributed by atoms with E-state index in [0.717, 1.165) is 24.1 Å². The molecule has 3 heterocycles. The first-order valence-corrected chi connectivity index (χ1v) is 16.3. The lowest BCUT2D eigenvalue weighted by Gasteiger charge is -2.30. The zero-order valence-corrected chi connectivity index (χ0v) is 26.0. The van der Waals surface area contributed by atoms with Crippen LogP contribution in [0.4, 0.5) is 14.5 Å². The lowest BCUT2D eigenvalue weighted by Crippen LogP contribution is -2.43. The Morgan fingerprint density at radius 2 is 1.91 bits per heavy atom. The van der Waals surface area contributed by atoms with Crippen molar-refractivity contribution in [2.45, 2.75) is 56.2 Å². The maximum Gasteiger partial charge on any atom is 0.273 e. The first-order valence-electron chi connectivity index (χ1n) is 14.5. The highest BCUT2D eigenvalue weighted by atomic mass is 35.5. The molecule has 1 amide bonds. The highest BCUT2D eigenvalue weighted by Gasteiger charge is 2.43. The van der Waals surface area contributed by atoms with Gasteiger partial charge in [0.05, 0.1) is 10.7 Å². The van der Waals surface area contributed by atoms with Crippen LogP contribution in [0.5, 0.6) is 0 Å². The lowest BCUT2D eigenvalue weighted by molar-refractivity contribution is 0.0200. The predicted molar refractivity (Wildman–Crippen MR) is 165 cm³/mol. The quantitative estimate of drug-likeness (QED) is 0.193. The van der Waals surface area contributed by atoms with E-state index in [0.29, 0.717) is 17.9 Å². The molecule has 236 valence electrons. The minimum Gasteiger partial charge on any atom is -0.384 e. The van der Waals surface area contributed by atoms with Gasteiger partial charge in [-0.05, 0) is 56.2 Å². The van der Waals surface area contributed by atoms with Gasteiger partial charge in [-0.1, -0.05) is 60.1 Å². The number of halogens is 3. The predicted octanol–water partition coefficient (Wildman–Crippen LogP) is 6.34. The Morgan fingerprint density at radius 3 is 2.64 bits per heavy atom. The van der Waals surface area contributed by atoms with E-state index in [1.54, 1.807) is 25.1 Å². The second-order valence-corrected chi connectivity index (χ2v) is 13.9. The number of aromatic nitrogens is 2. The Morgan fingerprint density at radius 1 is 1.16 bits per heavy atom. The molecule has 0 radical (unpaired) electrons. The van der Waals surface area contributed by atoms with E-state index in [1.165, 1.54) is 10.6 Å². The third-order valence-corrected chi connectivity index (χ3v) is 10.6. The molecule has 9 nitrogen and oxygen atoms in total. The molecule has 2 aromatic heterocycles. The van der Waals surface area contributed by atoms with Crippen LogP contribution in [0.3, 0.4) is 0 Å². The summed E-state index contributed by atoms with van der Waals surface area (Å²) in [5.74, 6) is -2.78. The van der Waals surface area contributed by atoms with Crippen molar-refractivity contribution >= 4 is 39.3 Å². The number of aliphatic hydroxyl groups is 1. The molecule has 1 saturated carbocycles. The van der Waals surface area contributed by atoms with Crippen LogP contribution in [0.2, 0.25) is 5.02 Å². The van der Waals surface area contributed by atoms with Crippen LogP contribution in [0.25, 0.3) is 17.4 Å². The van der Waals surface area contributed by atoms with E-state index in [-0.39, 0.29) is 51.8 Å². The Balaban J connectivity index is 1.24. The molecule has 0 saturated heterocycles. The van der Waals surface area contributed by atoms with Gasteiger partial charge in [-0.2, -0.15) is 0 Å². The highest BCUT2D eigenvalue weighted by molar-refractivity contribution is 7.89. The van der Waals surface area contributed by atoms with Crippen molar-refractivity contribution in [3.8, 4) is 11.3 Å². The number of hydrogen-bond donors (Lipinski definition) is 3. The van der Waals surface area contributed by atoms with Crippen LogP contribution in [0.15, 0.2) is 70.1 Å². The summed E-state index contributed by atoms with van der Waals surface area (Å²) in [6.45, 7) is 3.77. The molecule has 13 heteroatoms. The fraction of sp³-hybridized carbons (Fsp3) is 0.312. The molecular weight excluding hydrogens is 626 g/mol. The molecule has 1 fully saturated rings. The lowest BCUT2D eigenvalue weighted by atomic mass is 9.85. The second kappa shape index (κ2) is 11.8. The van der Waals surface area contributed by atoms with Crippen LogP contribution < -0.4 is 10.0 Å². The fourth-order valence-corrected chi connectivity index (χ4v) is 8.59. The Bertz CT molecular complexity index is 1910. The molecule has 6 rings (SSSR count). The van der Waals surface area contributed by atoms with Gasteiger partial charge >= 0.3 is 0 Å². The summed E-state index contributed by atoms with van der Waals surface area (Å²) in [6, 6.07) is 13.4. The van der Waals surface area contributed by atoms with E-state index >= 15 is 0 Å². The number of carbonyl (C=O) groups is 1. The number of rotatable bonds is 9. The van der Waals surface area contributed by atoms with Gasteiger partial charge in [-0.15, -0.1) is 0 Å². The molecule has 4 unspecified atom stereocenters. The van der Waals surface area contributed by atoms with Gasteiger partial charge in [0.2, 0.25) is 10.0 Å². The normalized spacial score (nSPS) is 20.7. The third kappa shape index (κ3) is 5.95. The first-order chi connectivity index (χ1) is 21.4. The van der Waals surface area contributed by atoms with Gasteiger partial charge in [0.25, 0.3) is 5.91 Å². The molecule has 4 aromatic rings.